The molecule has 1 aliphatic rings. The minimum absolute atomic E-state index is 1.03. The Morgan fingerprint density at radius 2 is 2.22 bits per heavy atom. The summed E-state index contributed by atoms with van der Waals surface area (Å²) >= 11 is 0. The molecule has 0 aromatic carbocycles. The van der Waals surface area contributed by atoms with Crippen LogP contribution in [0.3, 0.4) is 0 Å². The average Bonchev–Trinajstić information content (AvgIpc) is 1.97. The molecule has 0 saturated heterocycles. The van der Waals surface area contributed by atoms with Crippen molar-refractivity contribution in [2.45, 2.75) is 13.8 Å². The van der Waals surface area contributed by atoms with Crippen molar-refractivity contribution in [3.8, 4) is 0 Å². The van der Waals surface area contributed by atoms with Crippen molar-refractivity contribution in [1.82, 2.24) is 5.32 Å². The molecular weight excluding hydrogens is 112 g/mol. The molecule has 9 heavy (non-hydrogen) atoms. The van der Waals surface area contributed by atoms with Gasteiger partial charge in [0.05, 0.1) is 0 Å². The first kappa shape index (κ1) is 6.08. The highest BCUT2D eigenvalue weighted by atomic mass is 14.9. The van der Waals surface area contributed by atoms with Gasteiger partial charge in [-0.15, -0.1) is 0 Å². The third kappa shape index (κ3) is 1.72. The Bertz CT molecular complexity index is 187. The molecule has 1 N–H and O–H groups in total. The molecule has 1 heterocycles. The van der Waals surface area contributed by atoms with Gasteiger partial charge in [0, 0.05) is 23.8 Å². The number of nitrogens with one attached hydrogen (secondary N) is 1. The van der Waals surface area contributed by atoms with Crippen LogP contribution >= 0.6 is 0 Å². The summed E-state index contributed by atoms with van der Waals surface area (Å²) in [6.07, 6.45) is 5.64. The summed E-state index contributed by atoms with van der Waals surface area (Å²) in [6, 6.07) is 0. The zero-order valence-corrected chi connectivity index (χ0v) is 5.68. The molecule has 48 valence electrons. The SMILES string of the molecule is CC1=CN=C(C)C=CN1. The molecule has 1 aliphatic heterocycles. The Kier molecular flexibility index (Phi) is 1.68. The lowest BCUT2D eigenvalue weighted by Gasteiger charge is -1.92. The second-order valence-electron chi connectivity index (χ2n) is 2.06. The molecule has 0 fully saturated rings. The van der Waals surface area contributed by atoms with E-state index in [1.807, 2.05) is 32.3 Å². The first-order valence-corrected chi connectivity index (χ1v) is 2.93. The summed E-state index contributed by atoms with van der Waals surface area (Å²) in [6.45, 7) is 3.94. The van der Waals surface area contributed by atoms with Crippen LogP contribution in [0, 0.1) is 0 Å². The normalized spacial score (nSPS) is 17.6. The highest BCUT2D eigenvalue weighted by molar-refractivity contribution is 5.93. The summed E-state index contributed by atoms with van der Waals surface area (Å²) in [5.41, 5.74) is 2.10. The van der Waals surface area contributed by atoms with Crippen LogP contribution in [0.25, 0.3) is 0 Å². The molecule has 1 rings (SSSR count). The quantitative estimate of drug-likeness (QED) is 0.516. The van der Waals surface area contributed by atoms with Crippen molar-refractivity contribution >= 4 is 5.71 Å². The molecular formula is C7H10N2. The lowest BCUT2D eigenvalue weighted by Crippen LogP contribution is -1.98. The summed E-state index contributed by atoms with van der Waals surface area (Å²) in [4.78, 5) is 4.11. The largest absolute Gasteiger partial charge is 0.364 e. The minimum Gasteiger partial charge on any atom is -0.364 e. The number of hydrogen-bond donors (Lipinski definition) is 1. The van der Waals surface area contributed by atoms with Gasteiger partial charge in [-0.05, 0) is 19.9 Å². The average molecular weight is 122 g/mol. The maximum Gasteiger partial charge on any atom is 0.0461 e. The maximum absolute atomic E-state index is 4.11. The molecule has 0 radical (unpaired) electrons. The summed E-state index contributed by atoms with van der Waals surface area (Å²) in [5, 5.41) is 3.04. The van der Waals surface area contributed by atoms with Crippen molar-refractivity contribution in [1.29, 1.82) is 0 Å². The third-order valence-electron chi connectivity index (χ3n) is 1.10. The summed E-state index contributed by atoms with van der Waals surface area (Å²) in [7, 11) is 0. The van der Waals surface area contributed by atoms with E-state index in [1.165, 1.54) is 0 Å². The van der Waals surface area contributed by atoms with Crippen molar-refractivity contribution in [2.75, 3.05) is 0 Å². The van der Waals surface area contributed by atoms with E-state index in [9.17, 15) is 0 Å². The van der Waals surface area contributed by atoms with Crippen molar-refractivity contribution < 1.29 is 0 Å². The van der Waals surface area contributed by atoms with Gasteiger partial charge in [0.2, 0.25) is 0 Å². The van der Waals surface area contributed by atoms with Gasteiger partial charge < -0.3 is 5.32 Å². The van der Waals surface area contributed by atoms with Crippen LogP contribution in [0.15, 0.2) is 29.2 Å². The Labute approximate surface area is 55.0 Å². The second kappa shape index (κ2) is 2.49. The predicted octanol–water partition coefficient (Wildman–Crippen LogP) is 1.43. The lowest BCUT2D eigenvalue weighted by atomic mass is 10.4. The lowest BCUT2D eigenvalue weighted by molar-refractivity contribution is 1.05. The second-order valence-corrected chi connectivity index (χ2v) is 2.06. The van der Waals surface area contributed by atoms with Crippen molar-refractivity contribution in [2.24, 2.45) is 4.99 Å². The van der Waals surface area contributed by atoms with Crippen LogP contribution in [0.2, 0.25) is 0 Å². The van der Waals surface area contributed by atoms with Crippen LogP contribution in [0.1, 0.15) is 13.8 Å². The van der Waals surface area contributed by atoms with Gasteiger partial charge in [0.15, 0.2) is 0 Å². The van der Waals surface area contributed by atoms with E-state index in [4.69, 9.17) is 0 Å². The fraction of sp³-hybridized carbons (Fsp3) is 0.286. The van der Waals surface area contributed by atoms with Gasteiger partial charge in [-0.1, -0.05) is 0 Å². The maximum atomic E-state index is 4.11. The molecule has 0 aromatic rings. The van der Waals surface area contributed by atoms with E-state index >= 15 is 0 Å². The van der Waals surface area contributed by atoms with Gasteiger partial charge >= 0.3 is 0 Å². The molecule has 2 heteroatoms. The molecule has 0 spiro atoms. The molecule has 0 bridgehead atoms. The molecule has 0 atom stereocenters. The van der Waals surface area contributed by atoms with Crippen molar-refractivity contribution in [3.63, 3.8) is 0 Å². The van der Waals surface area contributed by atoms with Gasteiger partial charge in [0.25, 0.3) is 0 Å². The first-order chi connectivity index (χ1) is 4.29. The van der Waals surface area contributed by atoms with Crippen molar-refractivity contribution in [3.05, 3.63) is 24.2 Å². The number of nitrogens with zero attached hydrogens (tertiary/aromatic N) is 1. The fourth-order valence-electron chi connectivity index (χ4n) is 0.573. The summed E-state index contributed by atoms with van der Waals surface area (Å²) < 4.78 is 0. The highest BCUT2D eigenvalue weighted by Crippen LogP contribution is 1.93. The fourth-order valence-corrected chi connectivity index (χ4v) is 0.573. The van der Waals surface area contributed by atoms with Crippen LogP contribution in [-0.4, -0.2) is 5.71 Å². The first-order valence-electron chi connectivity index (χ1n) is 2.93. The number of rotatable bonds is 0. The molecule has 0 saturated carbocycles. The monoisotopic (exact) mass is 122 g/mol. The van der Waals surface area contributed by atoms with E-state index in [0.29, 0.717) is 0 Å². The third-order valence-corrected chi connectivity index (χ3v) is 1.10. The standard InChI is InChI=1S/C7H10N2/c1-6-3-4-8-7(2)5-9-6/h3-5,8H,1-2H3. The Morgan fingerprint density at radius 3 is 3.00 bits per heavy atom. The predicted molar refractivity (Wildman–Crippen MR) is 39.1 cm³/mol. The Balaban J connectivity index is 2.80. The zero-order valence-electron chi connectivity index (χ0n) is 5.68. The van der Waals surface area contributed by atoms with Crippen LogP contribution in [-0.2, 0) is 0 Å². The number of aliphatic imine (C=N–C) groups is 1. The molecule has 0 unspecified atom stereocenters. The van der Waals surface area contributed by atoms with Crippen LogP contribution < -0.4 is 5.32 Å². The number of hydrogen-bond acceptors (Lipinski definition) is 2. The molecule has 0 amide bonds. The van der Waals surface area contributed by atoms with Crippen LogP contribution in [0.4, 0.5) is 0 Å². The summed E-state index contributed by atoms with van der Waals surface area (Å²) in [5.74, 6) is 0. The van der Waals surface area contributed by atoms with E-state index < -0.39 is 0 Å². The van der Waals surface area contributed by atoms with E-state index in [0.717, 1.165) is 11.4 Å². The van der Waals surface area contributed by atoms with Gasteiger partial charge in [0.1, 0.15) is 0 Å². The zero-order chi connectivity index (χ0) is 6.69. The van der Waals surface area contributed by atoms with E-state index in [2.05, 4.69) is 10.3 Å². The number of allylic oxidation sites excluding steroid dienone is 2. The van der Waals surface area contributed by atoms with Crippen LogP contribution in [0.5, 0.6) is 0 Å². The van der Waals surface area contributed by atoms with E-state index in [-0.39, 0.29) is 0 Å². The smallest absolute Gasteiger partial charge is 0.0461 e. The Morgan fingerprint density at radius 1 is 1.44 bits per heavy atom. The topological polar surface area (TPSA) is 24.4 Å². The minimum atomic E-state index is 1.03. The molecule has 0 aliphatic carbocycles. The van der Waals surface area contributed by atoms with Gasteiger partial charge in [-0.2, -0.15) is 0 Å². The Hall–Kier alpha value is -1.05. The highest BCUT2D eigenvalue weighted by Gasteiger charge is 1.87. The van der Waals surface area contributed by atoms with Gasteiger partial charge in [-0.3, -0.25) is 4.99 Å². The molecule has 2 nitrogen and oxygen atoms in total. The van der Waals surface area contributed by atoms with Gasteiger partial charge in [-0.25, -0.2) is 0 Å². The van der Waals surface area contributed by atoms with E-state index in [1.54, 1.807) is 0 Å². The molecule has 0 aromatic heterocycles.